The second-order valence-electron chi connectivity index (χ2n) is 4.53. The van der Waals surface area contributed by atoms with Crippen LogP contribution in [0.4, 0.5) is 0 Å². The number of ether oxygens (including phenoxy) is 2. The third-order valence-electron chi connectivity index (χ3n) is 2.99. The predicted molar refractivity (Wildman–Crippen MR) is 91.9 cm³/mol. The summed E-state index contributed by atoms with van der Waals surface area (Å²) in [7, 11) is 6.20. The van der Waals surface area contributed by atoms with E-state index in [1.54, 1.807) is 50.5 Å². The van der Waals surface area contributed by atoms with Gasteiger partial charge in [-0.1, -0.05) is 35.8 Å². The van der Waals surface area contributed by atoms with Crippen LogP contribution in [0.25, 0.3) is 0 Å². The number of rotatable bonds is 4. The Kier molecular flexibility index (Phi) is 10.7. The molecule has 2 aromatic rings. The van der Waals surface area contributed by atoms with Crippen LogP contribution in [0.2, 0.25) is 0 Å². The molecule has 0 saturated carbocycles. The van der Waals surface area contributed by atoms with Crippen molar-refractivity contribution < 1.29 is 36.2 Å². The number of aliphatic imine (C=N–C) groups is 2. The number of hydrogen-bond acceptors (Lipinski definition) is 6. The Bertz CT molecular complexity index is 657. The number of nitrogens with zero attached hydrogens (tertiary/aromatic N) is 2. The Hall–Kier alpha value is -2.53. The topological polar surface area (TPSA) is 89.3 Å². The molecule has 0 heterocycles. The van der Waals surface area contributed by atoms with Gasteiger partial charge >= 0.3 is 16.5 Å². The maximum atomic E-state index is 11.4. The number of benzene rings is 2. The van der Waals surface area contributed by atoms with Crippen LogP contribution in [0.15, 0.2) is 46.4 Å². The van der Waals surface area contributed by atoms with Gasteiger partial charge in [-0.15, -0.1) is 0 Å². The summed E-state index contributed by atoms with van der Waals surface area (Å²) < 4.78 is 9.72. The molecule has 0 amide bonds. The minimum Gasteiger partial charge on any atom is -0.870 e. The molecule has 0 saturated heterocycles. The molecule has 25 heavy (non-hydrogen) atoms. The van der Waals surface area contributed by atoms with Crippen LogP contribution in [-0.2, 0) is 16.5 Å². The average molecular weight is 387 g/mol. The van der Waals surface area contributed by atoms with Crippen LogP contribution in [0.5, 0.6) is 23.0 Å². The van der Waals surface area contributed by atoms with E-state index >= 15 is 0 Å². The van der Waals surface area contributed by atoms with Crippen LogP contribution >= 0.6 is 0 Å². The van der Waals surface area contributed by atoms with Gasteiger partial charge in [0.15, 0.2) is 0 Å². The van der Waals surface area contributed by atoms with E-state index in [2.05, 4.69) is 9.98 Å². The normalized spacial score (nSPS) is 10.1. The first-order valence-electron chi connectivity index (χ1n) is 7.11. The molecule has 0 unspecified atom stereocenters. The Morgan fingerprint density at radius 2 is 1.12 bits per heavy atom. The van der Waals surface area contributed by atoms with E-state index in [1.165, 1.54) is 26.6 Å². The molecule has 0 aliphatic heterocycles. The molecule has 0 aliphatic rings. The molecule has 2 aromatic carbocycles. The molecular weight excluding hydrogens is 367 g/mol. The van der Waals surface area contributed by atoms with Gasteiger partial charge in [0.2, 0.25) is 0 Å². The first-order chi connectivity index (χ1) is 11.6. The van der Waals surface area contributed by atoms with Crippen molar-refractivity contribution in [2.45, 2.75) is 0 Å². The third-order valence-corrected chi connectivity index (χ3v) is 2.99. The molecule has 0 atom stereocenters. The SMILES string of the molecule is CN=Cc1cccc(OC)c1[O-].CN=Cc1cccc(OC)c1[O-].[Ni+2]. The monoisotopic (exact) mass is 386 g/mol. The number of hydrogen-bond donors (Lipinski definition) is 0. The molecule has 0 aliphatic carbocycles. The minimum absolute atomic E-state index is 0. The van der Waals surface area contributed by atoms with Crippen LogP contribution < -0.4 is 19.7 Å². The second-order valence-corrected chi connectivity index (χ2v) is 4.53. The summed E-state index contributed by atoms with van der Waals surface area (Å²) >= 11 is 0. The fraction of sp³-hybridized carbons (Fsp3) is 0.222. The Morgan fingerprint density at radius 3 is 1.40 bits per heavy atom. The van der Waals surface area contributed by atoms with Gasteiger partial charge < -0.3 is 19.7 Å². The summed E-state index contributed by atoms with van der Waals surface area (Å²) in [5.41, 5.74) is 1.11. The zero-order valence-electron chi connectivity index (χ0n) is 14.5. The van der Waals surface area contributed by atoms with Crippen molar-refractivity contribution >= 4 is 12.4 Å². The maximum absolute atomic E-state index is 11.4. The Labute approximate surface area is 157 Å². The van der Waals surface area contributed by atoms with Gasteiger partial charge in [-0.05, 0) is 23.3 Å². The molecule has 0 fully saturated rings. The smallest absolute Gasteiger partial charge is 0.870 e. The maximum Gasteiger partial charge on any atom is 2.00 e. The molecule has 136 valence electrons. The first kappa shape index (κ1) is 22.5. The molecule has 2 rings (SSSR count). The van der Waals surface area contributed by atoms with Gasteiger partial charge in [-0.3, -0.25) is 9.98 Å². The van der Waals surface area contributed by atoms with E-state index < -0.39 is 0 Å². The third kappa shape index (κ3) is 6.47. The zero-order chi connectivity index (χ0) is 17.9. The van der Waals surface area contributed by atoms with Gasteiger partial charge in [-0.25, -0.2) is 0 Å². The first-order valence-corrected chi connectivity index (χ1v) is 7.11. The predicted octanol–water partition coefficient (Wildman–Crippen LogP) is 1.63. The molecule has 0 bridgehead atoms. The molecule has 0 aromatic heterocycles. The van der Waals surface area contributed by atoms with Crippen molar-refractivity contribution in [1.29, 1.82) is 0 Å². The standard InChI is InChI=1S/2C9H11NO2.Ni/c2*1-10-6-7-4-3-5-8(12-2)9(7)11;/h2*3-6,11H,1-2H3;/q;;+2/p-2. The number of para-hydroxylation sites is 2. The molecule has 6 nitrogen and oxygen atoms in total. The van der Waals surface area contributed by atoms with Crippen molar-refractivity contribution in [2.75, 3.05) is 28.3 Å². The summed E-state index contributed by atoms with van der Waals surface area (Å²) in [6, 6.07) is 10.2. The largest absolute Gasteiger partial charge is 2.00 e. The van der Waals surface area contributed by atoms with E-state index in [9.17, 15) is 10.2 Å². The number of methoxy groups -OCH3 is 2. The van der Waals surface area contributed by atoms with Gasteiger partial charge in [-0.2, -0.15) is 0 Å². The molecule has 0 radical (unpaired) electrons. The molecular formula is C18H20N2NiO4. The minimum atomic E-state index is -0.120. The zero-order valence-corrected chi connectivity index (χ0v) is 15.5. The average Bonchev–Trinajstić information content (AvgIpc) is 2.60. The Balaban J connectivity index is 0.000000443. The van der Waals surface area contributed by atoms with E-state index in [0.29, 0.717) is 22.6 Å². The molecule has 0 N–H and O–H groups in total. The second kappa shape index (κ2) is 11.9. The van der Waals surface area contributed by atoms with Crippen LogP contribution in [0.3, 0.4) is 0 Å². The van der Waals surface area contributed by atoms with E-state index in [1.807, 2.05) is 0 Å². The van der Waals surface area contributed by atoms with Gasteiger partial charge in [0.1, 0.15) is 11.5 Å². The van der Waals surface area contributed by atoms with Crippen molar-refractivity contribution in [3.05, 3.63) is 47.5 Å². The molecule has 0 spiro atoms. The van der Waals surface area contributed by atoms with Crippen molar-refractivity contribution in [2.24, 2.45) is 9.98 Å². The summed E-state index contributed by atoms with van der Waals surface area (Å²) in [4.78, 5) is 7.52. The Morgan fingerprint density at radius 1 is 0.760 bits per heavy atom. The van der Waals surface area contributed by atoms with Gasteiger partial charge in [0, 0.05) is 26.5 Å². The van der Waals surface area contributed by atoms with E-state index in [4.69, 9.17) is 9.47 Å². The quantitative estimate of drug-likeness (QED) is 0.589. The van der Waals surface area contributed by atoms with Crippen molar-refractivity contribution in [3.8, 4) is 23.0 Å². The van der Waals surface area contributed by atoms with Crippen molar-refractivity contribution in [3.63, 3.8) is 0 Å². The van der Waals surface area contributed by atoms with E-state index in [0.717, 1.165) is 0 Å². The van der Waals surface area contributed by atoms with Crippen LogP contribution in [0.1, 0.15) is 11.1 Å². The van der Waals surface area contributed by atoms with E-state index in [-0.39, 0.29) is 28.0 Å². The van der Waals surface area contributed by atoms with Gasteiger partial charge in [0.25, 0.3) is 0 Å². The summed E-state index contributed by atoms with van der Waals surface area (Å²) in [6.07, 6.45) is 3.04. The fourth-order valence-electron chi connectivity index (χ4n) is 1.87. The molecule has 7 heteroatoms. The summed E-state index contributed by atoms with van der Waals surface area (Å²) in [5.74, 6) is 0.469. The van der Waals surface area contributed by atoms with Crippen LogP contribution in [-0.4, -0.2) is 40.7 Å². The fourth-order valence-corrected chi connectivity index (χ4v) is 1.87. The van der Waals surface area contributed by atoms with Gasteiger partial charge in [0.05, 0.1) is 14.2 Å². The van der Waals surface area contributed by atoms with Crippen LogP contribution in [0, 0.1) is 0 Å². The summed E-state index contributed by atoms with van der Waals surface area (Å²) in [6.45, 7) is 0. The van der Waals surface area contributed by atoms with Crippen molar-refractivity contribution in [1.82, 2.24) is 0 Å². The summed E-state index contributed by atoms with van der Waals surface area (Å²) in [5, 5.41) is 22.7.